The number of benzene rings is 3. The molecule has 9 heteroatoms. The van der Waals surface area contributed by atoms with Crippen LogP contribution in [0.4, 0.5) is 10.1 Å². The van der Waals surface area contributed by atoms with Crippen molar-refractivity contribution < 1.29 is 23.4 Å². The van der Waals surface area contributed by atoms with E-state index >= 15 is 0 Å². The SMILES string of the molecule is CC(=O)O[C@@H]1COc2cc(N[C@@H]3COc4c3cccc4-n3c(C)nc4ccc(F)cc43)ccc21.[NaH]. The van der Waals surface area contributed by atoms with Crippen LogP contribution in [0.1, 0.15) is 36.0 Å². The Balaban J connectivity index is 0.00000253. The third kappa shape index (κ3) is 4.16. The molecule has 2 atom stereocenters. The van der Waals surface area contributed by atoms with Gasteiger partial charge < -0.3 is 19.5 Å². The van der Waals surface area contributed by atoms with E-state index in [2.05, 4.69) is 10.3 Å². The number of halogens is 1. The fourth-order valence-electron chi connectivity index (χ4n) is 4.77. The molecule has 0 bridgehead atoms. The van der Waals surface area contributed by atoms with Gasteiger partial charge in [0.25, 0.3) is 0 Å². The Bertz CT molecular complexity index is 1450. The zero-order chi connectivity index (χ0) is 23.4. The number of imidazole rings is 1. The number of aryl methyl sites for hydroxylation is 1. The van der Waals surface area contributed by atoms with Crippen LogP contribution < -0.4 is 14.8 Å². The van der Waals surface area contributed by atoms with Gasteiger partial charge in [-0.1, -0.05) is 12.1 Å². The summed E-state index contributed by atoms with van der Waals surface area (Å²) < 4.78 is 33.1. The Morgan fingerprint density at radius 1 is 1.11 bits per heavy atom. The summed E-state index contributed by atoms with van der Waals surface area (Å²) in [6.45, 7) is 4.05. The van der Waals surface area contributed by atoms with Crippen molar-refractivity contribution >= 4 is 52.2 Å². The number of nitrogens with zero attached hydrogens (tertiary/aromatic N) is 2. The molecule has 0 fully saturated rings. The Hall–Kier alpha value is -3.07. The molecule has 2 aliphatic rings. The Morgan fingerprint density at radius 2 is 1.97 bits per heavy atom. The van der Waals surface area contributed by atoms with Crippen molar-refractivity contribution in [2.75, 3.05) is 18.5 Å². The van der Waals surface area contributed by atoms with Crippen LogP contribution in [0.3, 0.4) is 0 Å². The van der Waals surface area contributed by atoms with E-state index in [-0.39, 0.29) is 53.5 Å². The number of fused-ring (bicyclic) bond motifs is 3. The molecule has 0 saturated carbocycles. The summed E-state index contributed by atoms with van der Waals surface area (Å²) in [5.41, 5.74) is 5.00. The summed E-state index contributed by atoms with van der Waals surface area (Å²) in [5, 5.41) is 3.52. The molecule has 2 aliphatic heterocycles. The molecule has 0 amide bonds. The van der Waals surface area contributed by atoms with Crippen molar-refractivity contribution in [2.24, 2.45) is 0 Å². The first-order valence-electron chi connectivity index (χ1n) is 11.1. The standard InChI is InChI=1S/C26H22FN3O4.Na.H/c1-14-28-20-9-6-16(27)10-23(20)30(14)22-5-3-4-18-21(12-33-26(18)22)29-17-7-8-19-24(11-17)32-13-25(19)34-15(2)31;;/h3-11,21,25,29H,12-13H2,1-2H3;;/t21-,25-;;/m1../s1. The summed E-state index contributed by atoms with van der Waals surface area (Å²) in [7, 11) is 0. The van der Waals surface area contributed by atoms with E-state index < -0.39 is 0 Å². The van der Waals surface area contributed by atoms with Crippen LogP contribution in [-0.2, 0) is 9.53 Å². The number of aromatic nitrogens is 2. The normalized spacial score (nSPS) is 17.7. The molecule has 174 valence electrons. The van der Waals surface area contributed by atoms with Gasteiger partial charge in [-0.3, -0.25) is 9.36 Å². The van der Waals surface area contributed by atoms with Gasteiger partial charge in [0.2, 0.25) is 0 Å². The quantitative estimate of drug-likeness (QED) is 0.343. The van der Waals surface area contributed by atoms with Crippen molar-refractivity contribution in [2.45, 2.75) is 26.0 Å². The predicted molar refractivity (Wildman–Crippen MR) is 131 cm³/mol. The molecule has 6 rings (SSSR count). The molecule has 1 aromatic heterocycles. The van der Waals surface area contributed by atoms with E-state index in [9.17, 15) is 9.18 Å². The van der Waals surface area contributed by atoms with Crippen molar-refractivity contribution in [1.29, 1.82) is 0 Å². The van der Waals surface area contributed by atoms with Crippen molar-refractivity contribution in [1.82, 2.24) is 9.55 Å². The van der Waals surface area contributed by atoms with Crippen LogP contribution in [0.25, 0.3) is 16.7 Å². The van der Waals surface area contributed by atoms with Crippen LogP contribution in [0, 0.1) is 12.7 Å². The fraction of sp³-hybridized carbons (Fsp3) is 0.231. The van der Waals surface area contributed by atoms with E-state index in [1.807, 2.05) is 47.9 Å². The number of anilines is 1. The monoisotopic (exact) mass is 483 g/mol. The fourth-order valence-corrected chi connectivity index (χ4v) is 4.77. The van der Waals surface area contributed by atoms with E-state index in [1.165, 1.54) is 19.1 Å². The number of rotatable bonds is 4. The third-order valence-electron chi connectivity index (χ3n) is 6.22. The predicted octanol–water partition coefficient (Wildman–Crippen LogP) is 4.37. The van der Waals surface area contributed by atoms with Gasteiger partial charge >= 0.3 is 35.5 Å². The maximum absolute atomic E-state index is 14.0. The Morgan fingerprint density at radius 3 is 2.80 bits per heavy atom. The Kier molecular flexibility index (Phi) is 6.21. The van der Waals surface area contributed by atoms with Crippen LogP contribution in [0.15, 0.2) is 54.6 Å². The topological polar surface area (TPSA) is 74.6 Å². The van der Waals surface area contributed by atoms with Crippen molar-refractivity contribution in [3.8, 4) is 17.2 Å². The molecule has 3 aromatic carbocycles. The number of esters is 1. The second kappa shape index (κ2) is 9.18. The summed E-state index contributed by atoms with van der Waals surface area (Å²) in [6, 6.07) is 16.2. The number of nitrogens with one attached hydrogen (secondary N) is 1. The van der Waals surface area contributed by atoms with Gasteiger partial charge in [-0.15, -0.1) is 0 Å². The van der Waals surface area contributed by atoms with Gasteiger partial charge in [0.1, 0.15) is 36.4 Å². The van der Waals surface area contributed by atoms with Gasteiger partial charge in [0.05, 0.1) is 22.8 Å². The number of hydrogen-bond donors (Lipinski definition) is 1. The number of carbonyl (C=O) groups excluding carboxylic acids is 1. The Labute approximate surface area is 223 Å². The zero-order valence-corrected chi connectivity index (χ0v) is 18.7. The molecule has 35 heavy (non-hydrogen) atoms. The molecule has 0 spiro atoms. The average molecular weight is 483 g/mol. The summed E-state index contributed by atoms with van der Waals surface area (Å²) in [5.74, 6) is 1.57. The third-order valence-corrected chi connectivity index (χ3v) is 6.22. The van der Waals surface area contributed by atoms with Crippen LogP contribution in [0.2, 0.25) is 0 Å². The molecule has 3 heterocycles. The van der Waals surface area contributed by atoms with E-state index in [1.54, 1.807) is 6.07 Å². The second-order valence-electron chi connectivity index (χ2n) is 8.49. The van der Waals surface area contributed by atoms with Gasteiger partial charge in [-0.05, 0) is 37.3 Å². The number of carbonyl (C=O) groups is 1. The molecule has 0 radical (unpaired) electrons. The van der Waals surface area contributed by atoms with E-state index in [4.69, 9.17) is 14.2 Å². The van der Waals surface area contributed by atoms with Crippen LogP contribution in [0.5, 0.6) is 11.5 Å². The first-order chi connectivity index (χ1) is 16.5. The average Bonchev–Trinajstić information content (AvgIpc) is 3.48. The number of para-hydroxylation sites is 1. The number of ether oxygens (including phenoxy) is 3. The van der Waals surface area contributed by atoms with Crippen molar-refractivity contribution in [3.63, 3.8) is 0 Å². The minimum atomic E-state index is -0.377. The molecule has 0 saturated heterocycles. The molecule has 1 N–H and O–H groups in total. The van der Waals surface area contributed by atoms with E-state index in [0.717, 1.165) is 39.6 Å². The van der Waals surface area contributed by atoms with Crippen molar-refractivity contribution in [3.05, 3.63) is 77.4 Å². The van der Waals surface area contributed by atoms with Gasteiger partial charge in [-0.25, -0.2) is 9.37 Å². The zero-order valence-electron chi connectivity index (χ0n) is 18.7. The molecule has 0 unspecified atom stereocenters. The maximum atomic E-state index is 14.0. The van der Waals surface area contributed by atoms with Gasteiger partial charge in [-0.2, -0.15) is 0 Å². The molecule has 7 nitrogen and oxygen atoms in total. The second-order valence-corrected chi connectivity index (χ2v) is 8.49. The molecule has 0 aliphatic carbocycles. The van der Waals surface area contributed by atoms with Crippen LogP contribution in [-0.4, -0.2) is 58.3 Å². The summed E-state index contributed by atoms with van der Waals surface area (Å²) in [6.07, 6.45) is -0.377. The summed E-state index contributed by atoms with van der Waals surface area (Å²) in [4.78, 5) is 15.9. The first kappa shape index (κ1) is 23.7. The van der Waals surface area contributed by atoms with E-state index in [0.29, 0.717) is 24.5 Å². The van der Waals surface area contributed by atoms with Crippen LogP contribution >= 0.6 is 0 Å². The summed E-state index contributed by atoms with van der Waals surface area (Å²) >= 11 is 0. The molecular weight excluding hydrogens is 460 g/mol. The molecule has 4 aromatic rings. The molecular formula is C26H23FN3NaO4. The van der Waals surface area contributed by atoms with Gasteiger partial charge in [0, 0.05) is 35.9 Å². The number of hydrogen-bond acceptors (Lipinski definition) is 6. The minimum absolute atomic E-state index is 0. The first-order valence-corrected chi connectivity index (χ1v) is 11.1. The van der Waals surface area contributed by atoms with Gasteiger partial charge in [0.15, 0.2) is 6.10 Å².